The Morgan fingerprint density at radius 3 is 1.97 bits per heavy atom. The quantitative estimate of drug-likeness (QED) is 0.479. The topological polar surface area (TPSA) is 119 Å². The van der Waals surface area contributed by atoms with Crippen molar-refractivity contribution in [2.24, 2.45) is 0 Å². The van der Waals surface area contributed by atoms with Crippen LogP contribution in [-0.2, 0) is 14.3 Å². The van der Waals surface area contributed by atoms with Gasteiger partial charge in [0.1, 0.15) is 31.0 Å². The van der Waals surface area contributed by atoms with Crippen molar-refractivity contribution in [3.05, 3.63) is 71.8 Å². The molecule has 8 heteroatoms. The lowest BCUT2D eigenvalue weighted by molar-refractivity contribution is -0.945. The summed E-state index contributed by atoms with van der Waals surface area (Å²) in [4.78, 5) is 11.3. The molecule has 0 spiro atoms. The van der Waals surface area contributed by atoms with E-state index in [1.54, 1.807) is 14.1 Å². The Labute approximate surface area is 181 Å². The highest BCUT2D eigenvalue weighted by molar-refractivity contribution is 5.71. The number of quaternary nitrogens is 1. The van der Waals surface area contributed by atoms with Crippen molar-refractivity contribution in [3.8, 4) is 0 Å². The van der Waals surface area contributed by atoms with E-state index in [1.807, 2.05) is 60.7 Å². The molecule has 3 N–H and O–H groups in total. The fourth-order valence-corrected chi connectivity index (χ4v) is 3.81. The van der Waals surface area contributed by atoms with Gasteiger partial charge in [-0.05, 0) is 11.1 Å². The zero-order valence-corrected chi connectivity index (χ0v) is 17.6. The van der Waals surface area contributed by atoms with Crippen molar-refractivity contribution < 1.29 is 39.2 Å². The van der Waals surface area contributed by atoms with Crippen LogP contribution in [0.1, 0.15) is 17.2 Å². The third-order valence-corrected chi connectivity index (χ3v) is 5.67. The number of nitrogens with zero attached hydrogens (tertiary/aromatic N) is 1. The summed E-state index contributed by atoms with van der Waals surface area (Å²) in [5.41, 5.74) is 1.98. The van der Waals surface area contributed by atoms with Crippen molar-refractivity contribution in [1.29, 1.82) is 0 Å². The standard InChI is InChI=1S/C23H29NO7/c1-24(2,22-19(27)17(25)18(26)21(31-22)23(28)29)13-14-30-20(15-9-5-3-6-10-15)16-11-7-4-8-12-16/h3-12,17-22,25-27H,13-14H2,1-2H3. The Morgan fingerprint density at radius 2 is 1.48 bits per heavy atom. The van der Waals surface area contributed by atoms with Gasteiger partial charge in [-0.15, -0.1) is 0 Å². The van der Waals surface area contributed by atoms with Crippen molar-refractivity contribution in [1.82, 2.24) is 0 Å². The number of rotatable bonds is 8. The monoisotopic (exact) mass is 431 g/mol. The summed E-state index contributed by atoms with van der Waals surface area (Å²) in [6, 6.07) is 19.5. The zero-order chi connectivity index (χ0) is 22.6. The molecule has 5 unspecified atom stereocenters. The molecule has 0 aliphatic carbocycles. The second kappa shape index (κ2) is 9.86. The maximum Gasteiger partial charge on any atom is 0.222 e. The molecule has 1 saturated heterocycles. The fourth-order valence-electron chi connectivity index (χ4n) is 3.81. The van der Waals surface area contributed by atoms with Gasteiger partial charge in [-0.1, -0.05) is 60.7 Å². The average Bonchev–Trinajstić information content (AvgIpc) is 2.76. The van der Waals surface area contributed by atoms with E-state index in [2.05, 4.69) is 0 Å². The first-order chi connectivity index (χ1) is 14.7. The molecule has 3 rings (SSSR count). The summed E-state index contributed by atoms with van der Waals surface area (Å²) < 4.78 is 11.6. The van der Waals surface area contributed by atoms with E-state index in [0.717, 1.165) is 11.1 Å². The maximum absolute atomic E-state index is 11.3. The Morgan fingerprint density at radius 1 is 0.968 bits per heavy atom. The number of hydrogen-bond donors (Lipinski definition) is 3. The first kappa shape index (κ1) is 23.3. The molecular formula is C23H29NO7. The van der Waals surface area contributed by atoms with Crippen molar-refractivity contribution >= 4 is 5.97 Å². The van der Waals surface area contributed by atoms with E-state index in [4.69, 9.17) is 9.47 Å². The normalized spacial score (nSPS) is 26.7. The van der Waals surface area contributed by atoms with Gasteiger partial charge in [0.15, 0.2) is 6.10 Å². The molecule has 0 aromatic heterocycles. The largest absolute Gasteiger partial charge is 0.547 e. The molecular weight excluding hydrogens is 402 g/mol. The third kappa shape index (κ3) is 5.30. The van der Waals surface area contributed by atoms with Gasteiger partial charge < -0.3 is 34.7 Å². The molecule has 8 nitrogen and oxygen atoms in total. The first-order valence-electron chi connectivity index (χ1n) is 10.2. The maximum atomic E-state index is 11.3. The van der Waals surface area contributed by atoms with Crippen LogP contribution < -0.4 is 5.11 Å². The van der Waals surface area contributed by atoms with E-state index >= 15 is 0 Å². The summed E-state index contributed by atoms with van der Waals surface area (Å²) in [5, 5.41) is 41.7. The van der Waals surface area contributed by atoms with Gasteiger partial charge in [0.05, 0.1) is 26.7 Å². The summed E-state index contributed by atoms with van der Waals surface area (Å²) in [6.07, 6.45) is -8.03. The van der Waals surface area contributed by atoms with Crippen LogP contribution in [0.4, 0.5) is 0 Å². The highest BCUT2D eigenvalue weighted by Gasteiger charge is 2.50. The lowest BCUT2D eigenvalue weighted by atomic mass is 9.97. The van der Waals surface area contributed by atoms with Crippen LogP contribution in [0, 0.1) is 0 Å². The van der Waals surface area contributed by atoms with Crippen LogP contribution in [-0.4, -0.2) is 83.7 Å². The SMILES string of the molecule is C[N+](C)(CCOC(c1ccccc1)c1ccccc1)C1OC(C(=O)[O-])C(O)C(O)C1O. The molecule has 1 aliphatic rings. The number of aliphatic hydroxyl groups is 3. The minimum atomic E-state index is -1.77. The number of likely N-dealkylation sites (N-methyl/N-ethyl adjacent to an activating group) is 1. The predicted octanol–water partition coefficient (Wildman–Crippen LogP) is -0.573. The number of benzene rings is 2. The number of carboxylic acid groups (broad SMARTS) is 1. The van der Waals surface area contributed by atoms with E-state index in [9.17, 15) is 25.2 Å². The average molecular weight is 431 g/mol. The van der Waals surface area contributed by atoms with E-state index < -0.39 is 36.6 Å². The predicted molar refractivity (Wildman–Crippen MR) is 109 cm³/mol. The van der Waals surface area contributed by atoms with Gasteiger partial charge >= 0.3 is 0 Å². The number of carboxylic acids is 1. The highest BCUT2D eigenvalue weighted by atomic mass is 16.6. The molecule has 1 fully saturated rings. The number of hydrogen-bond acceptors (Lipinski definition) is 7. The van der Waals surface area contributed by atoms with Crippen LogP contribution in [0.5, 0.6) is 0 Å². The summed E-state index contributed by atoms with van der Waals surface area (Å²) in [6.45, 7) is 0.614. The van der Waals surface area contributed by atoms with E-state index in [-0.39, 0.29) is 17.2 Å². The molecule has 1 heterocycles. The molecule has 0 amide bonds. The first-order valence-corrected chi connectivity index (χ1v) is 10.2. The van der Waals surface area contributed by atoms with Gasteiger partial charge in [-0.3, -0.25) is 4.48 Å². The second-order valence-corrected chi connectivity index (χ2v) is 8.31. The molecule has 2 aromatic rings. The van der Waals surface area contributed by atoms with E-state index in [0.29, 0.717) is 6.54 Å². The second-order valence-electron chi connectivity index (χ2n) is 8.31. The van der Waals surface area contributed by atoms with Crippen LogP contribution in [0.3, 0.4) is 0 Å². The Hall–Kier alpha value is -2.33. The molecule has 168 valence electrons. The smallest absolute Gasteiger partial charge is 0.222 e. The van der Waals surface area contributed by atoms with Gasteiger partial charge in [-0.25, -0.2) is 0 Å². The molecule has 31 heavy (non-hydrogen) atoms. The molecule has 0 saturated carbocycles. The number of carbonyl (C=O) groups is 1. The minimum Gasteiger partial charge on any atom is -0.547 e. The van der Waals surface area contributed by atoms with Gasteiger partial charge in [0, 0.05) is 0 Å². The van der Waals surface area contributed by atoms with Crippen LogP contribution >= 0.6 is 0 Å². The molecule has 0 bridgehead atoms. The number of carbonyl (C=O) groups excluding carboxylic acids is 1. The van der Waals surface area contributed by atoms with Crippen molar-refractivity contribution in [2.75, 3.05) is 27.2 Å². The Balaban J connectivity index is 1.71. The lowest BCUT2D eigenvalue weighted by Gasteiger charge is -2.47. The minimum absolute atomic E-state index is 0.00499. The number of aliphatic hydroxyl groups excluding tert-OH is 3. The lowest BCUT2D eigenvalue weighted by Crippen LogP contribution is -2.69. The summed E-state index contributed by atoms with van der Waals surface area (Å²) in [7, 11) is 3.46. The van der Waals surface area contributed by atoms with Gasteiger partial charge in [0.25, 0.3) is 0 Å². The van der Waals surface area contributed by atoms with Gasteiger partial charge in [0.2, 0.25) is 6.23 Å². The number of ether oxygens (including phenoxy) is 2. The molecule has 5 atom stereocenters. The summed E-state index contributed by atoms with van der Waals surface area (Å²) >= 11 is 0. The van der Waals surface area contributed by atoms with E-state index in [1.165, 1.54) is 0 Å². The molecule has 0 radical (unpaired) electrons. The van der Waals surface area contributed by atoms with Crippen molar-refractivity contribution in [2.45, 2.75) is 36.7 Å². The van der Waals surface area contributed by atoms with Crippen LogP contribution in [0.15, 0.2) is 60.7 Å². The molecule has 2 aromatic carbocycles. The zero-order valence-electron chi connectivity index (χ0n) is 17.6. The van der Waals surface area contributed by atoms with Gasteiger partial charge in [-0.2, -0.15) is 0 Å². The fraction of sp³-hybridized carbons (Fsp3) is 0.435. The summed E-state index contributed by atoms with van der Waals surface area (Å²) in [5.74, 6) is -1.65. The van der Waals surface area contributed by atoms with Crippen LogP contribution in [0.25, 0.3) is 0 Å². The Bertz CT molecular complexity index is 806. The van der Waals surface area contributed by atoms with Crippen molar-refractivity contribution in [3.63, 3.8) is 0 Å². The third-order valence-electron chi connectivity index (χ3n) is 5.67. The van der Waals surface area contributed by atoms with Crippen LogP contribution in [0.2, 0.25) is 0 Å². The highest BCUT2D eigenvalue weighted by Crippen LogP contribution is 2.28. The number of aliphatic carboxylic acids is 1. The Kier molecular flexibility index (Phi) is 7.42. The molecule has 1 aliphatic heterocycles.